The van der Waals surface area contributed by atoms with Crippen LogP contribution in [0.15, 0.2) is 59.1 Å². The first-order chi connectivity index (χ1) is 11.6. The molecule has 0 aliphatic rings. The number of fused-ring (bicyclic) bond motifs is 1. The minimum absolute atomic E-state index is 0.0463. The van der Waals surface area contributed by atoms with Crippen molar-refractivity contribution in [1.82, 2.24) is 9.88 Å². The number of carbonyl (C=O) groups excluding carboxylic acids is 1. The molecule has 0 aliphatic carbocycles. The second-order valence-corrected chi connectivity index (χ2v) is 6.76. The average Bonchev–Trinajstić information content (AvgIpc) is 2.88. The normalized spacial score (nSPS) is 12.3. The van der Waals surface area contributed by atoms with Crippen LogP contribution < -0.4 is 5.32 Å². The second kappa shape index (κ2) is 7.22. The Morgan fingerprint density at radius 2 is 1.79 bits per heavy atom. The zero-order valence-corrected chi connectivity index (χ0v) is 15.5. The fourth-order valence-electron chi connectivity index (χ4n) is 3.12. The number of amides is 1. The topological polar surface area (TPSA) is 34.0 Å². The molecular formula is C20H21BrN2O. The molecule has 2 aromatic carbocycles. The molecule has 4 heteroatoms. The van der Waals surface area contributed by atoms with Crippen LogP contribution in [0.2, 0.25) is 0 Å². The molecule has 1 N–H and O–H groups in total. The lowest BCUT2D eigenvalue weighted by Crippen LogP contribution is -2.30. The van der Waals surface area contributed by atoms with Gasteiger partial charge in [0.15, 0.2) is 0 Å². The highest BCUT2D eigenvalue weighted by atomic mass is 79.9. The quantitative estimate of drug-likeness (QED) is 0.669. The molecule has 1 aromatic heterocycles. The monoisotopic (exact) mass is 384 g/mol. The Balaban J connectivity index is 1.80. The van der Waals surface area contributed by atoms with Crippen molar-refractivity contribution in [1.29, 1.82) is 0 Å². The molecule has 3 rings (SSSR count). The lowest BCUT2D eigenvalue weighted by molar-refractivity contribution is 0.0942. The zero-order chi connectivity index (χ0) is 17.1. The van der Waals surface area contributed by atoms with Crippen molar-refractivity contribution in [2.45, 2.75) is 19.3 Å². The minimum atomic E-state index is -0.0463. The van der Waals surface area contributed by atoms with E-state index in [1.165, 1.54) is 5.56 Å². The Kier molecular flexibility index (Phi) is 5.05. The Labute approximate surface area is 150 Å². The van der Waals surface area contributed by atoms with Gasteiger partial charge >= 0.3 is 0 Å². The van der Waals surface area contributed by atoms with Crippen LogP contribution in [0, 0.1) is 0 Å². The van der Waals surface area contributed by atoms with Gasteiger partial charge < -0.3 is 9.88 Å². The van der Waals surface area contributed by atoms with E-state index in [1.54, 1.807) is 0 Å². The fraction of sp³-hybridized carbons (Fsp3) is 0.250. The molecule has 0 saturated carbocycles. The van der Waals surface area contributed by atoms with E-state index < -0.39 is 0 Å². The number of rotatable bonds is 5. The van der Waals surface area contributed by atoms with E-state index in [-0.39, 0.29) is 5.91 Å². The Morgan fingerprint density at radius 1 is 1.12 bits per heavy atom. The summed E-state index contributed by atoms with van der Waals surface area (Å²) in [4.78, 5) is 12.7. The van der Waals surface area contributed by atoms with Crippen molar-refractivity contribution in [3.05, 3.63) is 70.3 Å². The maximum absolute atomic E-state index is 12.7. The van der Waals surface area contributed by atoms with Gasteiger partial charge in [-0.15, -0.1) is 0 Å². The minimum Gasteiger partial charge on any atom is -0.350 e. The number of halogens is 1. The highest BCUT2D eigenvalue weighted by Gasteiger charge is 2.20. The molecule has 3 nitrogen and oxygen atoms in total. The third kappa shape index (κ3) is 3.11. The van der Waals surface area contributed by atoms with Gasteiger partial charge in [0.25, 0.3) is 5.91 Å². The molecule has 1 unspecified atom stereocenters. The van der Waals surface area contributed by atoms with Crippen molar-refractivity contribution in [3.8, 4) is 0 Å². The van der Waals surface area contributed by atoms with Crippen molar-refractivity contribution in [3.63, 3.8) is 0 Å². The van der Waals surface area contributed by atoms with E-state index >= 15 is 0 Å². The smallest absolute Gasteiger partial charge is 0.269 e. The summed E-state index contributed by atoms with van der Waals surface area (Å²) in [6.07, 6.45) is 0.987. The summed E-state index contributed by atoms with van der Waals surface area (Å²) < 4.78 is 2.80. The summed E-state index contributed by atoms with van der Waals surface area (Å²) >= 11 is 3.59. The van der Waals surface area contributed by atoms with Crippen LogP contribution in [0.25, 0.3) is 10.9 Å². The number of aromatic nitrogens is 1. The molecule has 24 heavy (non-hydrogen) atoms. The summed E-state index contributed by atoms with van der Waals surface area (Å²) in [5.41, 5.74) is 2.97. The van der Waals surface area contributed by atoms with E-state index in [2.05, 4.69) is 40.3 Å². The predicted molar refractivity (Wildman–Crippen MR) is 102 cm³/mol. The number of carbonyl (C=O) groups is 1. The molecule has 0 radical (unpaired) electrons. The molecule has 1 atom stereocenters. The molecular weight excluding hydrogens is 364 g/mol. The fourth-order valence-corrected chi connectivity index (χ4v) is 3.90. The van der Waals surface area contributed by atoms with Gasteiger partial charge in [0.2, 0.25) is 0 Å². The lowest BCUT2D eigenvalue weighted by atomic mass is 9.96. The van der Waals surface area contributed by atoms with E-state index in [9.17, 15) is 4.79 Å². The standard InChI is InChI=1S/C20H21BrN2O/c1-3-14(15-9-5-4-6-10-15)13-22-20(24)19-18(21)16-11-7-8-12-17(16)23(19)2/h4-12,14H,3,13H2,1-2H3,(H,22,24). The van der Waals surface area contributed by atoms with Gasteiger partial charge in [0, 0.05) is 30.4 Å². The number of aryl methyl sites for hydroxylation is 1. The molecule has 124 valence electrons. The molecule has 0 aliphatic heterocycles. The molecule has 0 spiro atoms. The third-order valence-electron chi connectivity index (χ3n) is 4.53. The van der Waals surface area contributed by atoms with Crippen LogP contribution in [0.3, 0.4) is 0 Å². The van der Waals surface area contributed by atoms with Crippen LogP contribution in [-0.4, -0.2) is 17.0 Å². The Bertz CT molecular complexity index is 816. The van der Waals surface area contributed by atoms with Gasteiger partial charge in [0.1, 0.15) is 5.69 Å². The van der Waals surface area contributed by atoms with E-state index in [4.69, 9.17) is 0 Å². The van der Waals surface area contributed by atoms with Crippen LogP contribution >= 0.6 is 15.9 Å². The molecule has 0 saturated heterocycles. The van der Waals surface area contributed by atoms with Crippen molar-refractivity contribution < 1.29 is 4.79 Å². The summed E-state index contributed by atoms with van der Waals surface area (Å²) in [7, 11) is 1.93. The van der Waals surface area contributed by atoms with Gasteiger partial charge in [-0.25, -0.2) is 0 Å². The number of benzene rings is 2. The van der Waals surface area contributed by atoms with E-state index in [0.29, 0.717) is 18.2 Å². The molecule has 0 fully saturated rings. The number of nitrogens with zero attached hydrogens (tertiary/aromatic N) is 1. The maximum Gasteiger partial charge on any atom is 0.269 e. The van der Waals surface area contributed by atoms with Crippen LogP contribution in [-0.2, 0) is 7.05 Å². The summed E-state index contributed by atoms with van der Waals surface area (Å²) in [6.45, 7) is 2.78. The van der Waals surface area contributed by atoms with E-state index in [1.807, 2.05) is 54.1 Å². The predicted octanol–water partition coefficient (Wildman–Crippen LogP) is 4.86. The van der Waals surface area contributed by atoms with Crippen molar-refractivity contribution in [2.24, 2.45) is 7.05 Å². The average molecular weight is 385 g/mol. The maximum atomic E-state index is 12.7. The zero-order valence-electron chi connectivity index (χ0n) is 13.9. The molecule has 1 amide bonds. The van der Waals surface area contributed by atoms with Gasteiger partial charge in [-0.1, -0.05) is 55.5 Å². The highest BCUT2D eigenvalue weighted by molar-refractivity contribution is 9.10. The highest BCUT2D eigenvalue weighted by Crippen LogP contribution is 2.30. The van der Waals surface area contributed by atoms with Crippen LogP contribution in [0.5, 0.6) is 0 Å². The summed E-state index contributed by atoms with van der Waals surface area (Å²) in [5, 5.41) is 4.16. The van der Waals surface area contributed by atoms with Crippen molar-refractivity contribution in [2.75, 3.05) is 6.54 Å². The van der Waals surface area contributed by atoms with Crippen LogP contribution in [0.4, 0.5) is 0 Å². The number of hydrogen-bond acceptors (Lipinski definition) is 1. The Hall–Kier alpha value is -2.07. The van der Waals surface area contributed by atoms with Crippen LogP contribution in [0.1, 0.15) is 35.3 Å². The van der Waals surface area contributed by atoms with E-state index in [0.717, 1.165) is 21.8 Å². The van der Waals surface area contributed by atoms with Gasteiger partial charge in [-0.3, -0.25) is 4.79 Å². The lowest BCUT2D eigenvalue weighted by Gasteiger charge is -2.16. The molecule has 0 bridgehead atoms. The summed E-state index contributed by atoms with van der Waals surface area (Å²) in [5.74, 6) is 0.276. The number of nitrogens with one attached hydrogen (secondary N) is 1. The van der Waals surface area contributed by atoms with Crippen molar-refractivity contribution >= 4 is 32.7 Å². The third-order valence-corrected chi connectivity index (χ3v) is 5.34. The SMILES string of the molecule is CCC(CNC(=O)c1c(Br)c2ccccc2n1C)c1ccccc1. The summed E-state index contributed by atoms with van der Waals surface area (Å²) in [6, 6.07) is 18.4. The number of para-hydroxylation sites is 1. The van der Waals surface area contributed by atoms with Gasteiger partial charge in [0.05, 0.1) is 4.47 Å². The first kappa shape index (κ1) is 16.8. The van der Waals surface area contributed by atoms with Gasteiger partial charge in [-0.05, 0) is 34.0 Å². The molecule has 3 aromatic rings. The Morgan fingerprint density at radius 3 is 2.46 bits per heavy atom. The molecule has 1 heterocycles. The second-order valence-electron chi connectivity index (χ2n) is 5.96. The van der Waals surface area contributed by atoms with Gasteiger partial charge in [-0.2, -0.15) is 0 Å². The first-order valence-corrected chi connectivity index (χ1v) is 8.98. The number of hydrogen-bond donors (Lipinski definition) is 1. The first-order valence-electron chi connectivity index (χ1n) is 8.19. The largest absolute Gasteiger partial charge is 0.350 e.